The highest BCUT2D eigenvalue weighted by Gasteiger charge is 2.14. The van der Waals surface area contributed by atoms with Gasteiger partial charge in [0.1, 0.15) is 11.6 Å². The number of hydrogen-bond donors (Lipinski definition) is 1. The molecule has 1 unspecified atom stereocenters. The molecule has 0 saturated heterocycles. The minimum atomic E-state index is -0.505. The zero-order valence-electron chi connectivity index (χ0n) is 11.6. The zero-order chi connectivity index (χ0) is 13.7. The van der Waals surface area contributed by atoms with Crippen LogP contribution in [0.2, 0.25) is 0 Å². The number of rotatable bonds is 6. The first-order valence-electron chi connectivity index (χ1n) is 7.34. The van der Waals surface area contributed by atoms with Gasteiger partial charge in [-0.05, 0) is 49.9 Å². The second-order valence-electron chi connectivity index (χ2n) is 5.67. The number of benzene rings is 1. The average molecular weight is 267 g/mol. The monoisotopic (exact) mass is 267 g/mol. The van der Waals surface area contributed by atoms with Crippen LogP contribution in [0.5, 0.6) is 0 Å². The normalized spacial score (nSPS) is 17.8. The Morgan fingerprint density at radius 2 is 1.79 bits per heavy atom. The highest BCUT2D eigenvalue weighted by Crippen LogP contribution is 2.28. The fraction of sp³-hybridized carbons (Fsp3) is 0.625. The molecule has 0 bridgehead atoms. The van der Waals surface area contributed by atoms with Crippen LogP contribution < -0.4 is 5.32 Å². The highest BCUT2D eigenvalue weighted by atomic mass is 19.1. The van der Waals surface area contributed by atoms with E-state index in [-0.39, 0.29) is 6.04 Å². The third-order valence-electron chi connectivity index (χ3n) is 4.10. The summed E-state index contributed by atoms with van der Waals surface area (Å²) in [6.07, 6.45) is 7.95. The first-order valence-corrected chi connectivity index (χ1v) is 7.34. The van der Waals surface area contributed by atoms with E-state index in [2.05, 4.69) is 5.32 Å². The Morgan fingerprint density at radius 3 is 2.42 bits per heavy atom. The molecule has 0 aliphatic heterocycles. The lowest BCUT2D eigenvalue weighted by molar-refractivity contribution is 0.455. The summed E-state index contributed by atoms with van der Waals surface area (Å²) in [6, 6.07) is 3.71. The third kappa shape index (κ3) is 4.57. The van der Waals surface area contributed by atoms with Gasteiger partial charge in [0.05, 0.1) is 0 Å². The second kappa shape index (κ2) is 6.99. The van der Waals surface area contributed by atoms with Crippen molar-refractivity contribution in [2.24, 2.45) is 5.92 Å². The van der Waals surface area contributed by atoms with Crippen molar-refractivity contribution in [3.63, 3.8) is 0 Å². The fourth-order valence-electron chi connectivity index (χ4n) is 2.95. The molecule has 0 aromatic heterocycles. The first-order chi connectivity index (χ1) is 9.15. The van der Waals surface area contributed by atoms with Crippen LogP contribution in [0.1, 0.15) is 57.1 Å². The highest BCUT2D eigenvalue weighted by molar-refractivity contribution is 5.20. The van der Waals surface area contributed by atoms with Crippen molar-refractivity contribution in [3.8, 4) is 0 Å². The molecule has 3 heteroatoms. The van der Waals surface area contributed by atoms with Crippen molar-refractivity contribution < 1.29 is 8.78 Å². The topological polar surface area (TPSA) is 12.0 Å². The van der Waals surface area contributed by atoms with Crippen molar-refractivity contribution in [1.82, 2.24) is 5.32 Å². The minimum Gasteiger partial charge on any atom is -0.310 e. The largest absolute Gasteiger partial charge is 0.310 e. The Hall–Kier alpha value is -0.960. The summed E-state index contributed by atoms with van der Waals surface area (Å²) in [4.78, 5) is 0. The van der Waals surface area contributed by atoms with E-state index in [0.717, 1.165) is 24.9 Å². The van der Waals surface area contributed by atoms with Gasteiger partial charge in [-0.25, -0.2) is 8.78 Å². The van der Waals surface area contributed by atoms with Crippen LogP contribution in [0, 0.1) is 17.6 Å². The van der Waals surface area contributed by atoms with Crippen LogP contribution in [0.4, 0.5) is 8.78 Å². The van der Waals surface area contributed by atoms with Gasteiger partial charge in [-0.2, -0.15) is 0 Å². The number of halogens is 2. The quantitative estimate of drug-likeness (QED) is 0.744. The van der Waals surface area contributed by atoms with Crippen molar-refractivity contribution in [3.05, 3.63) is 35.4 Å². The van der Waals surface area contributed by atoms with E-state index >= 15 is 0 Å². The summed E-state index contributed by atoms with van der Waals surface area (Å²) < 4.78 is 26.2. The molecule has 1 aromatic rings. The molecule has 1 aliphatic carbocycles. The Kier molecular flexibility index (Phi) is 5.32. The molecule has 1 aliphatic rings. The summed E-state index contributed by atoms with van der Waals surface area (Å²) in [5.41, 5.74) is 0.679. The van der Waals surface area contributed by atoms with E-state index in [4.69, 9.17) is 0 Å². The van der Waals surface area contributed by atoms with Crippen LogP contribution in [0.15, 0.2) is 18.2 Å². The van der Waals surface area contributed by atoms with Crippen molar-refractivity contribution >= 4 is 0 Å². The Balaban J connectivity index is 1.72. The summed E-state index contributed by atoms with van der Waals surface area (Å²) in [6.45, 7) is 2.86. The average Bonchev–Trinajstić information content (AvgIpc) is 2.86. The summed E-state index contributed by atoms with van der Waals surface area (Å²) in [5, 5.41) is 3.34. The molecule has 0 radical (unpaired) electrons. The van der Waals surface area contributed by atoms with Gasteiger partial charge in [-0.15, -0.1) is 0 Å². The van der Waals surface area contributed by atoms with Crippen LogP contribution >= 0.6 is 0 Å². The van der Waals surface area contributed by atoms with Gasteiger partial charge in [0.25, 0.3) is 0 Å². The Labute approximate surface area is 114 Å². The van der Waals surface area contributed by atoms with Gasteiger partial charge in [-0.3, -0.25) is 0 Å². The van der Waals surface area contributed by atoms with Crippen molar-refractivity contribution in [2.45, 2.75) is 51.5 Å². The zero-order valence-corrected chi connectivity index (χ0v) is 11.6. The lowest BCUT2D eigenvalue weighted by Crippen LogP contribution is -2.20. The van der Waals surface area contributed by atoms with Crippen LogP contribution in [0.3, 0.4) is 0 Å². The van der Waals surface area contributed by atoms with Crippen molar-refractivity contribution in [1.29, 1.82) is 0 Å². The van der Waals surface area contributed by atoms with E-state index < -0.39 is 11.6 Å². The van der Waals surface area contributed by atoms with E-state index in [1.165, 1.54) is 44.2 Å². The maximum Gasteiger partial charge on any atom is 0.126 e. The van der Waals surface area contributed by atoms with Gasteiger partial charge < -0.3 is 5.32 Å². The Morgan fingerprint density at radius 1 is 1.16 bits per heavy atom. The lowest BCUT2D eigenvalue weighted by Gasteiger charge is -2.15. The van der Waals surface area contributed by atoms with Gasteiger partial charge >= 0.3 is 0 Å². The number of nitrogens with one attached hydrogen (secondary N) is 1. The summed E-state index contributed by atoms with van der Waals surface area (Å²) in [7, 11) is 0. The van der Waals surface area contributed by atoms with E-state index in [9.17, 15) is 8.78 Å². The van der Waals surface area contributed by atoms with Crippen LogP contribution in [-0.4, -0.2) is 6.54 Å². The maximum atomic E-state index is 13.1. The van der Waals surface area contributed by atoms with Gasteiger partial charge in [-0.1, -0.05) is 25.7 Å². The second-order valence-corrected chi connectivity index (χ2v) is 5.67. The van der Waals surface area contributed by atoms with Crippen LogP contribution in [0.25, 0.3) is 0 Å². The molecule has 1 nitrogen and oxygen atoms in total. The summed E-state index contributed by atoms with van der Waals surface area (Å²) in [5.74, 6) is -0.104. The Bertz CT molecular complexity index is 379. The maximum absolute atomic E-state index is 13.1. The number of hydrogen-bond acceptors (Lipinski definition) is 1. The minimum absolute atomic E-state index is 0.00576. The van der Waals surface area contributed by atoms with E-state index in [1.54, 1.807) is 0 Å². The molecule has 1 fully saturated rings. The lowest BCUT2D eigenvalue weighted by atomic mass is 10.0. The molecule has 0 amide bonds. The molecular weight excluding hydrogens is 244 g/mol. The molecule has 1 atom stereocenters. The standard InChI is InChI=1S/C16H23F2N/c1-12(14-9-15(17)11-16(18)10-14)19-8-4-7-13-5-2-3-6-13/h9-13,19H,2-8H2,1H3. The molecule has 106 valence electrons. The molecule has 1 aromatic carbocycles. The fourth-order valence-corrected chi connectivity index (χ4v) is 2.95. The van der Waals surface area contributed by atoms with E-state index in [1.807, 2.05) is 6.92 Å². The molecule has 0 heterocycles. The molecule has 1 N–H and O–H groups in total. The van der Waals surface area contributed by atoms with Crippen molar-refractivity contribution in [2.75, 3.05) is 6.54 Å². The predicted molar refractivity (Wildman–Crippen MR) is 74.0 cm³/mol. The third-order valence-corrected chi connectivity index (χ3v) is 4.10. The molecule has 2 rings (SSSR count). The summed E-state index contributed by atoms with van der Waals surface area (Å²) >= 11 is 0. The smallest absolute Gasteiger partial charge is 0.126 e. The van der Waals surface area contributed by atoms with Gasteiger partial charge in [0, 0.05) is 12.1 Å². The molecule has 0 spiro atoms. The SMILES string of the molecule is CC(NCCCC1CCCC1)c1cc(F)cc(F)c1. The molecule has 19 heavy (non-hydrogen) atoms. The predicted octanol–water partition coefficient (Wildman–Crippen LogP) is 4.59. The molecular formula is C16H23F2N. The van der Waals surface area contributed by atoms with Gasteiger partial charge in [0.2, 0.25) is 0 Å². The van der Waals surface area contributed by atoms with E-state index in [0.29, 0.717) is 5.56 Å². The van der Waals surface area contributed by atoms with Crippen LogP contribution in [-0.2, 0) is 0 Å². The first kappa shape index (κ1) is 14.4. The van der Waals surface area contributed by atoms with Gasteiger partial charge in [0.15, 0.2) is 0 Å². The molecule has 1 saturated carbocycles.